The predicted molar refractivity (Wildman–Crippen MR) is 74.7 cm³/mol. The lowest BCUT2D eigenvalue weighted by molar-refractivity contribution is 0.0745. The Kier molecular flexibility index (Phi) is 6.81. The minimum atomic E-state index is -0.0883. The van der Waals surface area contributed by atoms with Crippen LogP contribution in [0.15, 0.2) is 0 Å². The van der Waals surface area contributed by atoms with Crippen molar-refractivity contribution >= 4 is 6.41 Å². The quantitative estimate of drug-likeness (QED) is 0.550. The summed E-state index contributed by atoms with van der Waals surface area (Å²) in [5.74, 6) is 0. The molecule has 0 fully saturated rings. The lowest BCUT2D eigenvalue weighted by Crippen LogP contribution is -2.54. The molecule has 17 heavy (non-hydrogen) atoms. The smallest absolute Gasteiger partial charge is 0.313 e. The van der Waals surface area contributed by atoms with E-state index in [1.807, 2.05) is 4.90 Å². The summed E-state index contributed by atoms with van der Waals surface area (Å²) in [5.41, 5.74) is -0.177. The highest BCUT2D eigenvalue weighted by atomic mass is 16.1. The van der Waals surface area contributed by atoms with Crippen LogP contribution in [0.5, 0.6) is 0 Å². The minimum absolute atomic E-state index is 0.0883. The van der Waals surface area contributed by atoms with E-state index in [9.17, 15) is 4.79 Å². The van der Waals surface area contributed by atoms with E-state index in [1.54, 1.807) is 0 Å². The van der Waals surface area contributed by atoms with Crippen LogP contribution >= 0.6 is 0 Å². The number of carbonyl (C=O) groups excluding carboxylic acids is 1. The molecule has 0 heterocycles. The van der Waals surface area contributed by atoms with E-state index >= 15 is 0 Å². The Balaban J connectivity index is 4.72. The lowest BCUT2D eigenvalue weighted by Gasteiger charge is -2.46. The molecule has 0 spiro atoms. The van der Waals surface area contributed by atoms with Gasteiger partial charge in [0.25, 0.3) is 0 Å². The van der Waals surface area contributed by atoms with Crippen LogP contribution in [0.2, 0.25) is 0 Å². The zero-order valence-electron chi connectivity index (χ0n) is 12.6. The van der Waals surface area contributed by atoms with Crippen LogP contribution < -0.4 is 0 Å². The van der Waals surface area contributed by atoms with E-state index in [2.05, 4.69) is 48.0 Å². The number of amides is 1. The Hall–Kier alpha value is -0.530. The van der Waals surface area contributed by atoms with Gasteiger partial charge in [0, 0.05) is 11.1 Å². The molecule has 0 aliphatic heterocycles. The molecule has 0 saturated carbocycles. The van der Waals surface area contributed by atoms with E-state index in [1.165, 1.54) is 12.8 Å². The molecular formula is C15H30NO. The Labute approximate surface area is 108 Å². The van der Waals surface area contributed by atoms with Crippen molar-refractivity contribution in [3.63, 3.8) is 0 Å². The van der Waals surface area contributed by atoms with Gasteiger partial charge in [-0.15, -0.1) is 0 Å². The van der Waals surface area contributed by atoms with Crippen molar-refractivity contribution in [3.05, 3.63) is 0 Å². The molecule has 0 aromatic heterocycles. The van der Waals surface area contributed by atoms with Gasteiger partial charge in [0.05, 0.1) is 0 Å². The van der Waals surface area contributed by atoms with Crippen molar-refractivity contribution in [2.24, 2.45) is 0 Å². The highest BCUT2D eigenvalue weighted by Gasteiger charge is 2.36. The summed E-state index contributed by atoms with van der Waals surface area (Å²) < 4.78 is 0. The Morgan fingerprint density at radius 1 is 0.882 bits per heavy atom. The average Bonchev–Trinajstić information content (AvgIpc) is 2.24. The number of hydrogen-bond donors (Lipinski definition) is 0. The van der Waals surface area contributed by atoms with Gasteiger partial charge in [-0.2, -0.15) is 0 Å². The second-order valence-electron chi connectivity index (χ2n) is 6.26. The summed E-state index contributed by atoms with van der Waals surface area (Å²) in [6.07, 6.45) is 8.95. The van der Waals surface area contributed by atoms with Crippen molar-refractivity contribution < 1.29 is 4.79 Å². The summed E-state index contributed by atoms with van der Waals surface area (Å²) in [6.45, 7) is 13.0. The maximum absolute atomic E-state index is 11.3. The molecule has 0 rings (SSSR count). The summed E-state index contributed by atoms with van der Waals surface area (Å²) in [6, 6.07) is 0. The van der Waals surface area contributed by atoms with Gasteiger partial charge in [0.1, 0.15) is 0 Å². The second-order valence-corrected chi connectivity index (χ2v) is 6.26. The molecule has 2 nitrogen and oxygen atoms in total. The second kappa shape index (κ2) is 7.03. The van der Waals surface area contributed by atoms with Gasteiger partial charge in [-0.25, -0.2) is 0 Å². The van der Waals surface area contributed by atoms with Crippen molar-refractivity contribution in [3.8, 4) is 0 Å². The number of unbranched alkanes of at least 4 members (excludes halogenated alkanes) is 2. The van der Waals surface area contributed by atoms with Crippen LogP contribution in [0, 0.1) is 0 Å². The standard InChI is InChI=1S/C15H30NO/c1-7-9-11-14(3,4)16(13-17)15(5,6)12-10-8-2/h7-12H2,1-6H3. The molecule has 0 aliphatic carbocycles. The molecule has 101 valence electrons. The van der Waals surface area contributed by atoms with Crippen LogP contribution in [-0.2, 0) is 4.79 Å². The third-order valence-electron chi connectivity index (χ3n) is 3.59. The molecule has 0 unspecified atom stereocenters. The van der Waals surface area contributed by atoms with Crippen LogP contribution in [0.4, 0.5) is 0 Å². The summed E-state index contributed by atoms with van der Waals surface area (Å²) >= 11 is 0. The Bertz CT molecular complexity index is 201. The molecule has 0 saturated heterocycles. The summed E-state index contributed by atoms with van der Waals surface area (Å²) in [5, 5.41) is 0. The number of hydrogen-bond acceptors (Lipinski definition) is 1. The highest BCUT2D eigenvalue weighted by Crippen LogP contribution is 2.31. The summed E-state index contributed by atoms with van der Waals surface area (Å²) in [7, 11) is 0. The summed E-state index contributed by atoms with van der Waals surface area (Å²) in [4.78, 5) is 13.2. The number of nitrogens with zero attached hydrogens (tertiary/aromatic N) is 1. The van der Waals surface area contributed by atoms with Crippen LogP contribution in [0.3, 0.4) is 0 Å². The minimum Gasteiger partial charge on any atom is -0.324 e. The predicted octanol–water partition coefficient (Wildman–Crippen LogP) is 4.29. The van der Waals surface area contributed by atoms with Crippen LogP contribution in [-0.4, -0.2) is 22.4 Å². The SMILES string of the molecule is CCCCC(C)(C)N([C]=O)C(C)(C)CCCC. The first-order chi connectivity index (χ1) is 7.81. The van der Waals surface area contributed by atoms with Crippen molar-refractivity contribution in [2.45, 2.75) is 91.1 Å². The van der Waals surface area contributed by atoms with Crippen molar-refractivity contribution in [2.75, 3.05) is 0 Å². The topological polar surface area (TPSA) is 20.3 Å². The fourth-order valence-corrected chi connectivity index (χ4v) is 2.51. The molecule has 1 radical (unpaired) electrons. The van der Waals surface area contributed by atoms with E-state index in [0.29, 0.717) is 0 Å². The third-order valence-corrected chi connectivity index (χ3v) is 3.59. The highest BCUT2D eigenvalue weighted by molar-refractivity contribution is 5.51. The maximum atomic E-state index is 11.3. The Morgan fingerprint density at radius 3 is 1.47 bits per heavy atom. The van der Waals surface area contributed by atoms with E-state index < -0.39 is 0 Å². The third kappa shape index (κ3) is 5.10. The monoisotopic (exact) mass is 240 g/mol. The lowest BCUT2D eigenvalue weighted by atomic mass is 9.87. The van der Waals surface area contributed by atoms with Gasteiger partial charge in [-0.1, -0.05) is 39.5 Å². The van der Waals surface area contributed by atoms with Gasteiger partial charge < -0.3 is 4.90 Å². The molecule has 0 bridgehead atoms. The Morgan fingerprint density at radius 2 is 1.24 bits per heavy atom. The van der Waals surface area contributed by atoms with E-state index in [0.717, 1.165) is 25.7 Å². The van der Waals surface area contributed by atoms with Crippen LogP contribution in [0.25, 0.3) is 0 Å². The maximum Gasteiger partial charge on any atom is 0.313 e. The van der Waals surface area contributed by atoms with Crippen LogP contribution in [0.1, 0.15) is 80.1 Å². The van der Waals surface area contributed by atoms with E-state index in [4.69, 9.17) is 0 Å². The molecule has 1 amide bonds. The molecular weight excluding hydrogens is 210 g/mol. The fourth-order valence-electron chi connectivity index (χ4n) is 2.51. The van der Waals surface area contributed by atoms with Gasteiger partial charge in [-0.3, -0.25) is 4.79 Å². The van der Waals surface area contributed by atoms with Gasteiger partial charge in [0.2, 0.25) is 0 Å². The zero-order chi connectivity index (χ0) is 13.5. The molecule has 0 aromatic rings. The first-order valence-electron chi connectivity index (χ1n) is 7.00. The van der Waals surface area contributed by atoms with Gasteiger partial charge in [0.15, 0.2) is 0 Å². The molecule has 0 aromatic carbocycles. The largest absolute Gasteiger partial charge is 0.324 e. The normalized spacial score (nSPS) is 12.6. The molecule has 0 N–H and O–H groups in total. The van der Waals surface area contributed by atoms with Crippen molar-refractivity contribution in [1.82, 2.24) is 4.90 Å². The van der Waals surface area contributed by atoms with E-state index in [-0.39, 0.29) is 11.1 Å². The van der Waals surface area contributed by atoms with Gasteiger partial charge >= 0.3 is 6.41 Å². The fraction of sp³-hybridized carbons (Fsp3) is 0.933. The molecule has 0 atom stereocenters. The first-order valence-corrected chi connectivity index (χ1v) is 7.00. The number of rotatable bonds is 9. The molecule has 2 heteroatoms. The van der Waals surface area contributed by atoms with Crippen molar-refractivity contribution in [1.29, 1.82) is 0 Å². The zero-order valence-corrected chi connectivity index (χ0v) is 12.6. The average molecular weight is 240 g/mol. The first kappa shape index (κ1) is 16.5. The molecule has 0 aliphatic rings. The van der Waals surface area contributed by atoms with Gasteiger partial charge in [-0.05, 0) is 40.5 Å².